The average molecular weight is 341 g/mol. The molecule has 0 unspecified atom stereocenters. The van der Waals surface area contributed by atoms with Crippen LogP contribution in [0.1, 0.15) is 22.5 Å². The number of aromatic nitrogens is 2. The van der Waals surface area contributed by atoms with Crippen molar-refractivity contribution in [2.24, 2.45) is 0 Å². The Kier molecular flexibility index (Phi) is 4.55. The number of hydrogen-bond donors (Lipinski definition) is 0. The summed E-state index contributed by atoms with van der Waals surface area (Å²) in [6.07, 6.45) is 3.60. The molecule has 2 fully saturated rings. The van der Waals surface area contributed by atoms with Crippen LogP contribution >= 0.6 is 0 Å². The largest absolute Gasteiger partial charge is 0.379 e. The molecule has 1 aromatic heterocycles. The Morgan fingerprint density at radius 1 is 1.12 bits per heavy atom. The molecule has 2 saturated heterocycles. The molecule has 0 radical (unpaired) electrons. The van der Waals surface area contributed by atoms with Gasteiger partial charge in [-0.15, -0.1) is 0 Å². The summed E-state index contributed by atoms with van der Waals surface area (Å²) in [6, 6.07) is 12.1. The van der Waals surface area contributed by atoms with Gasteiger partial charge in [0.05, 0.1) is 25.4 Å². The van der Waals surface area contributed by atoms with E-state index in [-0.39, 0.29) is 11.4 Å². The number of carbonyl (C=O) groups is 1. The van der Waals surface area contributed by atoms with Gasteiger partial charge in [-0.1, -0.05) is 30.3 Å². The fraction of sp³-hybridized carbons (Fsp3) is 0.474. The molecule has 6 nitrogen and oxygen atoms in total. The summed E-state index contributed by atoms with van der Waals surface area (Å²) in [5, 5.41) is 4.50. The molecule has 132 valence electrons. The molecule has 1 atom stereocenters. The summed E-state index contributed by atoms with van der Waals surface area (Å²) in [4.78, 5) is 14.9. The van der Waals surface area contributed by atoms with Gasteiger partial charge in [-0.05, 0) is 24.5 Å². The number of ether oxygens (including phenoxy) is 2. The van der Waals surface area contributed by atoms with Crippen molar-refractivity contribution in [2.75, 3.05) is 33.0 Å². The van der Waals surface area contributed by atoms with E-state index in [1.807, 2.05) is 40.0 Å². The number of rotatable bonds is 4. The molecule has 1 spiro atoms. The third kappa shape index (κ3) is 3.32. The molecule has 25 heavy (non-hydrogen) atoms. The second-order valence-corrected chi connectivity index (χ2v) is 6.74. The van der Waals surface area contributed by atoms with Gasteiger partial charge in [0.15, 0.2) is 0 Å². The van der Waals surface area contributed by atoms with E-state index in [2.05, 4.69) is 17.2 Å². The van der Waals surface area contributed by atoms with E-state index in [0.29, 0.717) is 38.7 Å². The molecule has 3 heterocycles. The number of carbonyl (C=O) groups excluding carboxylic acids is 1. The Hall–Kier alpha value is -2.18. The monoisotopic (exact) mass is 341 g/mol. The van der Waals surface area contributed by atoms with Gasteiger partial charge in [0.1, 0.15) is 5.69 Å². The molecular weight excluding hydrogens is 318 g/mol. The molecular formula is C19H23N3O3. The summed E-state index contributed by atoms with van der Waals surface area (Å²) in [6.45, 7) is 3.70. The number of benzene rings is 1. The first-order valence-corrected chi connectivity index (χ1v) is 8.82. The number of nitrogens with zero attached hydrogens (tertiary/aromatic N) is 3. The topological polar surface area (TPSA) is 56.6 Å². The average Bonchev–Trinajstić information content (AvgIpc) is 3.31. The van der Waals surface area contributed by atoms with Crippen LogP contribution in [0.25, 0.3) is 0 Å². The Morgan fingerprint density at radius 3 is 2.72 bits per heavy atom. The van der Waals surface area contributed by atoms with Gasteiger partial charge in [0, 0.05) is 25.9 Å². The van der Waals surface area contributed by atoms with Gasteiger partial charge in [-0.25, -0.2) is 0 Å². The van der Waals surface area contributed by atoms with Gasteiger partial charge < -0.3 is 14.4 Å². The molecule has 2 aromatic rings. The Morgan fingerprint density at radius 2 is 1.92 bits per heavy atom. The summed E-state index contributed by atoms with van der Waals surface area (Å²) < 4.78 is 13.0. The van der Waals surface area contributed by atoms with E-state index in [0.717, 1.165) is 19.4 Å². The maximum absolute atomic E-state index is 13.0. The van der Waals surface area contributed by atoms with Crippen LogP contribution in [-0.2, 0) is 22.4 Å². The lowest BCUT2D eigenvalue weighted by molar-refractivity contribution is -0.0553. The molecule has 2 aliphatic rings. The number of morpholine rings is 1. The van der Waals surface area contributed by atoms with Gasteiger partial charge in [0.2, 0.25) is 0 Å². The molecule has 4 rings (SSSR count). The first-order valence-electron chi connectivity index (χ1n) is 8.82. The minimum absolute atomic E-state index is 0.0211. The van der Waals surface area contributed by atoms with Crippen molar-refractivity contribution in [3.8, 4) is 0 Å². The van der Waals surface area contributed by atoms with Crippen LogP contribution < -0.4 is 0 Å². The molecule has 0 aliphatic carbocycles. The van der Waals surface area contributed by atoms with Gasteiger partial charge in [0.25, 0.3) is 5.91 Å². The fourth-order valence-corrected chi connectivity index (χ4v) is 3.60. The van der Waals surface area contributed by atoms with Crippen LogP contribution in [0, 0.1) is 0 Å². The van der Waals surface area contributed by atoms with Crippen molar-refractivity contribution in [1.82, 2.24) is 14.7 Å². The fourth-order valence-electron chi connectivity index (χ4n) is 3.60. The van der Waals surface area contributed by atoms with E-state index >= 15 is 0 Å². The normalized spacial score (nSPS) is 23.3. The third-order valence-electron chi connectivity index (χ3n) is 5.06. The van der Waals surface area contributed by atoms with Gasteiger partial charge in [-0.2, -0.15) is 5.10 Å². The van der Waals surface area contributed by atoms with Gasteiger partial charge in [-0.3, -0.25) is 9.48 Å². The highest BCUT2D eigenvalue weighted by molar-refractivity contribution is 5.93. The van der Waals surface area contributed by atoms with Gasteiger partial charge >= 0.3 is 0 Å². The Labute approximate surface area is 147 Å². The number of aryl methyl sites for hydroxylation is 2. The first kappa shape index (κ1) is 16.3. The second kappa shape index (κ2) is 6.98. The summed E-state index contributed by atoms with van der Waals surface area (Å²) in [7, 11) is 0. The van der Waals surface area contributed by atoms with Crippen molar-refractivity contribution in [3.63, 3.8) is 0 Å². The van der Waals surface area contributed by atoms with Crippen LogP contribution in [-0.4, -0.2) is 59.1 Å². The number of amides is 1. The Bertz CT molecular complexity index is 723. The van der Waals surface area contributed by atoms with E-state index in [1.54, 1.807) is 0 Å². The molecule has 0 saturated carbocycles. The molecule has 1 amide bonds. The highest BCUT2D eigenvalue weighted by Crippen LogP contribution is 2.30. The smallest absolute Gasteiger partial charge is 0.275 e. The highest BCUT2D eigenvalue weighted by atomic mass is 16.5. The molecule has 6 heteroatoms. The van der Waals surface area contributed by atoms with Crippen LogP contribution in [0.2, 0.25) is 0 Å². The summed E-state index contributed by atoms with van der Waals surface area (Å²) in [5.41, 5.74) is 1.45. The molecule has 2 aliphatic heterocycles. The molecule has 0 N–H and O–H groups in total. The number of hydrogen-bond acceptors (Lipinski definition) is 4. The molecule has 0 bridgehead atoms. The van der Waals surface area contributed by atoms with E-state index in [4.69, 9.17) is 9.47 Å². The summed E-state index contributed by atoms with van der Waals surface area (Å²) in [5.74, 6) is -0.0211. The minimum atomic E-state index is -0.316. The van der Waals surface area contributed by atoms with Crippen molar-refractivity contribution >= 4 is 5.91 Å². The lowest BCUT2D eigenvalue weighted by atomic mass is 9.95. The van der Waals surface area contributed by atoms with Crippen LogP contribution in [0.5, 0.6) is 0 Å². The minimum Gasteiger partial charge on any atom is -0.379 e. The van der Waals surface area contributed by atoms with Crippen LogP contribution in [0.15, 0.2) is 42.6 Å². The standard InChI is InChI=1S/C19H23N3O3/c23-18(22-11-13-25-15-19(22)8-12-24-14-19)17-7-10-21(20-17)9-6-16-4-2-1-3-5-16/h1-5,7,10H,6,8-9,11-15H2/t19-/m0/s1. The SMILES string of the molecule is O=C(c1ccn(CCc2ccccc2)n1)N1CCOC[C@@]12CCOC2. The summed E-state index contributed by atoms with van der Waals surface area (Å²) >= 11 is 0. The molecule has 1 aromatic carbocycles. The van der Waals surface area contributed by atoms with Crippen molar-refractivity contribution in [3.05, 3.63) is 53.9 Å². The maximum Gasteiger partial charge on any atom is 0.275 e. The highest BCUT2D eigenvalue weighted by Gasteiger charge is 2.46. The lowest BCUT2D eigenvalue weighted by Gasteiger charge is -2.43. The lowest BCUT2D eigenvalue weighted by Crippen LogP contribution is -2.59. The van der Waals surface area contributed by atoms with Crippen molar-refractivity contribution in [1.29, 1.82) is 0 Å². The predicted molar refractivity (Wildman–Crippen MR) is 92.4 cm³/mol. The third-order valence-corrected chi connectivity index (χ3v) is 5.06. The quantitative estimate of drug-likeness (QED) is 0.850. The zero-order chi connectivity index (χ0) is 17.1. The van der Waals surface area contributed by atoms with Crippen LogP contribution in [0.4, 0.5) is 0 Å². The predicted octanol–water partition coefficient (Wildman–Crippen LogP) is 1.76. The first-order chi connectivity index (χ1) is 12.3. The zero-order valence-electron chi connectivity index (χ0n) is 14.3. The van der Waals surface area contributed by atoms with E-state index < -0.39 is 0 Å². The second-order valence-electron chi connectivity index (χ2n) is 6.74. The van der Waals surface area contributed by atoms with E-state index in [9.17, 15) is 4.79 Å². The van der Waals surface area contributed by atoms with Crippen LogP contribution in [0.3, 0.4) is 0 Å². The van der Waals surface area contributed by atoms with Crippen molar-refractivity contribution < 1.29 is 14.3 Å². The zero-order valence-corrected chi connectivity index (χ0v) is 14.3. The van der Waals surface area contributed by atoms with Crippen molar-refractivity contribution in [2.45, 2.75) is 24.9 Å². The Balaban J connectivity index is 1.44. The van der Waals surface area contributed by atoms with E-state index in [1.165, 1.54) is 5.56 Å². The maximum atomic E-state index is 13.0.